The summed E-state index contributed by atoms with van der Waals surface area (Å²) in [4.78, 5) is 9.09. The Hall–Kier alpha value is -2.86. The summed E-state index contributed by atoms with van der Waals surface area (Å²) in [6.07, 6.45) is 0. The molecule has 4 rings (SSSR count). The number of nitrogens with zero attached hydrogens (tertiary/aromatic N) is 4. The van der Waals surface area contributed by atoms with Crippen LogP contribution < -0.4 is 9.64 Å². The lowest BCUT2D eigenvalue weighted by Crippen LogP contribution is -2.44. The molecule has 0 amide bonds. The molecule has 2 aromatic carbocycles. The molecule has 28 heavy (non-hydrogen) atoms. The number of likely N-dealkylation sites (N-methyl/N-ethyl adjacent to an activating group) is 1. The Morgan fingerprint density at radius 2 is 1.71 bits per heavy atom. The summed E-state index contributed by atoms with van der Waals surface area (Å²) in [5.41, 5.74) is 5.68. The van der Waals surface area contributed by atoms with Gasteiger partial charge in [0.05, 0.1) is 12.8 Å². The molecule has 0 atom stereocenters. The average Bonchev–Trinajstić information content (AvgIpc) is 3.14. The van der Waals surface area contributed by atoms with E-state index in [1.165, 1.54) is 16.7 Å². The molecule has 1 aliphatic heterocycles. The lowest BCUT2D eigenvalue weighted by Gasteiger charge is -2.35. The third kappa shape index (κ3) is 3.60. The molecule has 6 nitrogen and oxygen atoms in total. The maximum atomic E-state index is 5.64. The van der Waals surface area contributed by atoms with E-state index in [0.29, 0.717) is 11.7 Å². The SMILES string of the molecule is COc1ccc(-c2ccc(-c3noc(C)n3)cc2C)cc1N1CCN(C)CC1. The van der Waals surface area contributed by atoms with Crippen molar-refractivity contribution >= 4 is 5.69 Å². The number of ether oxygens (including phenoxy) is 1. The van der Waals surface area contributed by atoms with Gasteiger partial charge in [0.15, 0.2) is 0 Å². The minimum absolute atomic E-state index is 0.573. The van der Waals surface area contributed by atoms with E-state index in [1.807, 2.05) is 6.07 Å². The average molecular weight is 378 g/mol. The smallest absolute Gasteiger partial charge is 0.223 e. The van der Waals surface area contributed by atoms with Crippen molar-refractivity contribution in [2.24, 2.45) is 0 Å². The first kappa shape index (κ1) is 18.5. The van der Waals surface area contributed by atoms with Crippen LogP contribution in [0.2, 0.25) is 0 Å². The number of rotatable bonds is 4. The second kappa shape index (κ2) is 7.64. The zero-order chi connectivity index (χ0) is 19.7. The zero-order valence-corrected chi connectivity index (χ0v) is 16.9. The van der Waals surface area contributed by atoms with E-state index in [2.05, 4.69) is 64.2 Å². The quantitative estimate of drug-likeness (QED) is 0.689. The Kier molecular flexibility index (Phi) is 5.05. The number of benzene rings is 2. The van der Waals surface area contributed by atoms with Crippen molar-refractivity contribution in [2.45, 2.75) is 13.8 Å². The topological polar surface area (TPSA) is 54.6 Å². The lowest BCUT2D eigenvalue weighted by atomic mass is 9.97. The van der Waals surface area contributed by atoms with Crippen molar-refractivity contribution in [1.82, 2.24) is 15.0 Å². The van der Waals surface area contributed by atoms with Gasteiger partial charge in [0.1, 0.15) is 5.75 Å². The summed E-state index contributed by atoms with van der Waals surface area (Å²) in [6, 6.07) is 12.7. The van der Waals surface area contributed by atoms with Crippen LogP contribution in [0.25, 0.3) is 22.5 Å². The highest BCUT2D eigenvalue weighted by Crippen LogP contribution is 2.35. The standard InChI is InChI=1S/C22H26N4O2/c1-15-13-18(22-23-16(2)28-24-22)5-7-19(15)17-6-8-21(27-4)20(14-17)26-11-9-25(3)10-12-26/h5-8,13-14H,9-12H2,1-4H3. The predicted octanol–water partition coefficient (Wildman–Crippen LogP) is 3.78. The van der Waals surface area contributed by atoms with E-state index in [1.54, 1.807) is 14.0 Å². The molecule has 0 bridgehead atoms. The molecule has 0 saturated carbocycles. The Bertz CT molecular complexity index is 974. The maximum Gasteiger partial charge on any atom is 0.223 e. The summed E-state index contributed by atoms with van der Waals surface area (Å²) in [5, 5.41) is 4.02. The molecule has 0 N–H and O–H groups in total. The van der Waals surface area contributed by atoms with E-state index in [4.69, 9.17) is 9.26 Å². The summed E-state index contributed by atoms with van der Waals surface area (Å²) in [5.74, 6) is 2.12. The third-order valence-corrected chi connectivity index (χ3v) is 5.35. The molecule has 0 spiro atoms. The van der Waals surface area contributed by atoms with E-state index < -0.39 is 0 Å². The van der Waals surface area contributed by atoms with Crippen molar-refractivity contribution in [2.75, 3.05) is 45.2 Å². The van der Waals surface area contributed by atoms with Crippen LogP contribution in [-0.2, 0) is 0 Å². The first-order chi connectivity index (χ1) is 13.5. The second-order valence-electron chi connectivity index (χ2n) is 7.34. The van der Waals surface area contributed by atoms with Crippen molar-refractivity contribution in [3.05, 3.63) is 47.9 Å². The molecule has 6 heteroatoms. The van der Waals surface area contributed by atoms with Crippen LogP contribution in [0.1, 0.15) is 11.5 Å². The molecule has 1 fully saturated rings. The van der Waals surface area contributed by atoms with Gasteiger partial charge in [-0.15, -0.1) is 0 Å². The van der Waals surface area contributed by atoms with Crippen molar-refractivity contribution in [3.63, 3.8) is 0 Å². The predicted molar refractivity (Wildman–Crippen MR) is 111 cm³/mol. The van der Waals surface area contributed by atoms with Gasteiger partial charge in [0.25, 0.3) is 0 Å². The number of piperazine rings is 1. The van der Waals surface area contributed by atoms with E-state index in [-0.39, 0.29) is 0 Å². The number of hydrogen-bond donors (Lipinski definition) is 0. The first-order valence-electron chi connectivity index (χ1n) is 9.58. The highest BCUT2D eigenvalue weighted by molar-refractivity contribution is 5.76. The van der Waals surface area contributed by atoms with Gasteiger partial charge in [0.2, 0.25) is 11.7 Å². The normalized spacial score (nSPS) is 15.1. The zero-order valence-electron chi connectivity index (χ0n) is 16.9. The van der Waals surface area contributed by atoms with Crippen LogP contribution in [0.5, 0.6) is 5.75 Å². The summed E-state index contributed by atoms with van der Waals surface area (Å²) >= 11 is 0. The number of methoxy groups -OCH3 is 1. The lowest BCUT2D eigenvalue weighted by molar-refractivity contribution is 0.311. The van der Waals surface area contributed by atoms with Gasteiger partial charge in [-0.2, -0.15) is 4.98 Å². The second-order valence-corrected chi connectivity index (χ2v) is 7.34. The highest BCUT2D eigenvalue weighted by Gasteiger charge is 2.19. The molecular weight excluding hydrogens is 352 g/mol. The molecule has 0 unspecified atom stereocenters. The van der Waals surface area contributed by atoms with E-state index >= 15 is 0 Å². The number of aromatic nitrogens is 2. The van der Waals surface area contributed by atoms with Gasteiger partial charge >= 0.3 is 0 Å². The Labute approximate surface area is 165 Å². The minimum Gasteiger partial charge on any atom is -0.495 e. The van der Waals surface area contributed by atoms with Gasteiger partial charge in [-0.05, 0) is 48.9 Å². The van der Waals surface area contributed by atoms with E-state index in [9.17, 15) is 0 Å². The van der Waals surface area contributed by atoms with Crippen LogP contribution in [0.15, 0.2) is 40.9 Å². The fourth-order valence-corrected chi connectivity index (χ4v) is 3.70. The Balaban J connectivity index is 1.68. The van der Waals surface area contributed by atoms with E-state index in [0.717, 1.165) is 43.2 Å². The maximum absolute atomic E-state index is 5.64. The van der Waals surface area contributed by atoms with Gasteiger partial charge in [-0.1, -0.05) is 23.4 Å². The molecule has 1 aliphatic rings. The van der Waals surface area contributed by atoms with Crippen molar-refractivity contribution < 1.29 is 9.26 Å². The van der Waals surface area contributed by atoms with Crippen LogP contribution in [0.4, 0.5) is 5.69 Å². The molecule has 2 heterocycles. The van der Waals surface area contributed by atoms with Crippen molar-refractivity contribution in [1.29, 1.82) is 0 Å². The molecular formula is C22H26N4O2. The molecule has 146 valence electrons. The summed E-state index contributed by atoms with van der Waals surface area (Å²) in [7, 11) is 3.91. The number of aryl methyl sites for hydroxylation is 2. The molecule has 1 saturated heterocycles. The first-order valence-corrected chi connectivity index (χ1v) is 9.58. The molecule has 0 aliphatic carbocycles. The third-order valence-electron chi connectivity index (χ3n) is 5.35. The fraction of sp³-hybridized carbons (Fsp3) is 0.364. The monoisotopic (exact) mass is 378 g/mol. The summed E-state index contributed by atoms with van der Waals surface area (Å²) in [6.45, 7) is 8.05. The number of anilines is 1. The van der Waals surface area contributed by atoms with Gasteiger partial charge in [-0.25, -0.2) is 0 Å². The molecule has 0 radical (unpaired) electrons. The highest BCUT2D eigenvalue weighted by atomic mass is 16.5. The minimum atomic E-state index is 0.573. The van der Waals surface area contributed by atoms with Crippen LogP contribution in [0.3, 0.4) is 0 Å². The largest absolute Gasteiger partial charge is 0.495 e. The molecule has 3 aromatic rings. The van der Waals surface area contributed by atoms with Gasteiger partial charge in [-0.3, -0.25) is 0 Å². The van der Waals surface area contributed by atoms with Crippen molar-refractivity contribution in [3.8, 4) is 28.3 Å². The summed E-state index contributed by atoms with van der Waals surface area (Å²) < 4.78 is 10.7. The van der Waals surface area contributed by atoms with Gasteiger partial charge < -0.3 is 19.1 Å². The Morgan fingerprint density at radius 3 is 2.36 bits per heavy atom. The molecule has 1 aromatic heterocycles. The number of hydrogen-bond acceptors (Lipinski definition) is 6. The van der Waals surface area contributed by atoms with Crippen LogP contribution in [0, 0.1) is 13.8 Å². The fourth-order valence-electron chi connectivity index (χ4n) is 3.70. The Morgan fingerprint density at radius 1 is 0.964 bits per heavy atom. The van der Waals surface area contributed by atoms with Gasteiger partial charge in [0, 0.05) is 38.7 Å². The van der Waals surface area contributed by atoms with Crippen LogP contribution >= 0.6 is 0 Å². The van der Waals surface area contributed by atoms with Crippen LogP contribution in [-0.4, -0.2) is 55.4 Å².